The van der Waals surface area contributed by atoms with E-state index in [0.717, 1.165) is 5.56 Å². The van der Waals surface area contributed by atoms with Gasteiger partial charge in [-0.05, 0) is 30.5 Å². The Kier molecular flexibility index (Phi) is 8.33. The van der Waals surface area contributed by atoms with Gasteiger partial charge in [-0.15, -0.1) is 24.0 Å². The Morgan fingerprint density at radius 2 is 1.96 bits per heavy atom. The van der Waals surface area contributed by atoms with E-state index < -0.39 is 4.92 Å². The van der Waals surface area contributed by atoms with Crippen LogP contribution in [-0.4, -0.2) is 17.9 Å². The summed E-state index contributed by atoms with van der Waals surface area (Å²) in [4.78, 5) is 14.7. The van der Waals surface area contributed by atoms with Gasteiger partial charge >= 0.3 is 0 Å². The third-order valence-electron chi connectivity index (χ3n) is 3.81. The zero-order chi connectivity index (χ0) is 17.5. The minimum atomic E-state index is -0.392. The molecule has 2 aromatic carbocycles. The molecule has 0 aromatic heterocycles. The standard InChI is InChI=1S/C18H22N4O2.HI/c1-13-7-4-5-10-17(13)14(2)21-18(19-3)20-12-15-8-6-9-16(11-15)22(23)24;/h4-11,14H,12H2,1-3H3,(H2,19,20,21);1H. The van der Waals surface area contributed by atoms with Gasteiger partial charge in [0.2, 0.25) is 0 Å². The van der Waals surface area contributed by atoms with Gasteiger partial charge in [-0.1, -0.05) is 36.4 Å². The fourth-order valence-electron chi connectivity index (χ4n) is 2.52. The first-order valence-electron chi connectivity index (χ1n) is 7.77. The van der Waals surface area contributed by atoms with Gasteiger partial charge in [-0.3, -0.25) is 15.1 Å². The number of nitrogens with one attached hydrogen (secondary N) is 2. The topological polar surface area (TPSA) is 79.6 Å². The summed E-state index contributed by atoms with van der Waals surface area (Å²) in [5, 5.41) is 17.4. The SMILES string of the molecule is CN=C(NCc1cccc([N+](=O)[O-])c1)NC(C)c1ccccc1C.I. The number of guanidine groups is 1. The highest BCUT2D eigenvalue weighted by Crippen LogP contribution is 2.16. The summed E-state index contributed by atoms with van der Waals surface area (Å²) in [6.45, 7) is 4.61. The van der Waals surface area contributed by atoms with Crippen LogP contribution in [0.4, 0.5) is 5.69 Å². The molecule has 6 nitrogen and oxygen atoms in total. The fraction of sp³-hybridized carbons (Fsp3) is 0.278. The Labute approximate surface area is 164 Å². The Balaban J connectivity index is 0.00000312. The predicted octanol–water partition coefficient (Wildman–Crippen LogP) is 3.95. The normalized spacial score (nSPS) is 12.0. The van der Waals surface area contributed by atoms with Crippen molar-refractivity contribution in [2.75, 3.05) is 7.05 Å². The van der Waals surface area contributed by atoms with Crippen molar-refractivity contribution in [1.82, 2.24) is 10.6 Å². The maximum Gasteiger partial charge on any atom is 0.269 e. The summed E-state index contributed by atoms with van der Waals surface area (Å²) in [6, 6.07) is 14.9. The highest BCUT2D eigenvalue weighted by atomic mass is 127. The van der Waals surface area contributed by atoms with E-state index >= 15 is 0 Å². The number of rotatable bonds is 5. The van der Waals surface area contributed by atoms with Crippen LogP contribution in [0.2, 0.25) is 0 Å². The van der Waals surface area contributed by atoms with Gasteiger partial charge in [-0.2, -0.15) is 0 Å². The lowest BCUT2D eigenvalue weighted by atomic mass is 10.0. The number of hydrogen-bond donors (Lipinski definition) is 2. The Morgan fingerprint density at radius 1 is 1.24 bits per heavy atom. The summed E-state index contributed by atoms with van der Waals surface area (Å²) in [6.07, 6.45) is 0. The minimum Gasteiger partial charge on any atom is -0.352 e. The molecular formula is C18H23IN4O2. The Hall–Kier alpha value is -2.16. The average Bonchev–Trinajstić information content (AvgIpc) is 2.59. The molecule has 1 atom stereocenters. The first-order chi connectivity index (χ1) is 11.5. The van der Waals surface area contributed by atoms with Gasteiger partial charge < -0.3 is 10.6 Å². The first kappa shape index (κ1) is 20.9. The van der Waals surface area contributed by atoms with Gasteiger partial charge in [0.1, 0.15) is 0 Å². The number of non-ortho nitro benzene ring substituents is 1. The van der Waals surface area contributed by atoms with E-state index in [1.807, 2.05) is 18.2 Å². The fourth-order valence-corrected chi connectivity index (χ4v) is 2.52. The number of nitrogens with zero attached hydrogens (tertiary/aromatic N) is 2. The van der Waals surface area contributed by atoms with Crippen LogP contribution in [-0.2, 0) is 6.54 Å². The molecule has 0 amide bonds. The summed E-state index contributed by atoms with van der Waals surface area (Å²) < 4.78 is 0. The van der Waals surface area contributed by atoms with Crippen molar-refractivity contribution < 1.29 is 4.92 Å². The summed E-state index contributed by atoms with van der Waals surface area (Å²) in [5.74, 6) is 0.650. The second-order valence-corrected chi connectivity index (χ2v) is 5.58. The molecule has 0 saturated carbocycles. The van der Waals surface area contributed by atoms with E-state index in [4.69, 9.17) is 0 Å². The third kappa shape index (κ3) is 6.00. The highest BCUT2D eigenvalue weighted by molar-refractivity contribution is 14.0. The zero-order valence-corrected chi connectivity index (χ0v) is 16.9. The molecule has 0 spiro atoms. The third-order valence-corrected chi connectivity index (χ3v) is 3.81. The van der Waals surface area contributed by atoms with Crippen molar-refractivity contribution in [3.63, 3.8) is 0 Å². The zero-order valence-electron chi connectivity index (χ0n) is 14.5. The van der Waals surface area contributed by atoms with Crippen LogP contribution in [0.3, 0.4) is 0 Å². The number of benzene rings is 2. The first-order valence-corrected chi connectivity index (χ1v) is 7.77. The lowest BCUT2D eigenvalue weighted by Crippen LogP contribution is -2.38. The molecule has 2 N–H and O–H groups in total. The summed E-state index contributed by atoms with van der Waals surface area (Å²) in [7, 11) is 1.70. The predicted molar refractivity (Wildman–Crippen MR) is 111 cm³/mol. The lowest BCUT2D eigenvalue weighted by Gasteiger charge is -2.19. The number of halogens is 1. The van der Waals surface area contributed by atoms with E-state index in [2.05, 4.69) is 41.6 Å². The van der Waals surface area contributed by atoms with E-state index in [0.29, 0.717) is 12.5 Å². The van der Waals surface area contributed by atoms with Crippen LogP contribution in [0.15, 0.2) is 53.5 Å². The average molecular weight is 454 g/mol. The van der Waals surface area contributed by atoms with Crippen LogP contribution in [0.5, 0.6) is 0 Å². The van der Waals surface area contributed by atoms with Crippen molar-refractivity contribution in [2.45, 2.75) is 26.4 Å². The number of aliphatic imine (C=N–C) groups is 1. The molecule has 0 aliphatic rings. The molecule has 25 heavy (non-hydrogen) atoms. The molecule has 0 radical (unpaired) electrons. The Morgan fingerprint density at radius 3 is 2.60 bits per heavy atom. The molecule has 2 rings (SSSR count). The van der Waals surface area contributed by atoms with E-state index in [1.165, 1.54) is 17.2 Å². The van der Waals surface area contributed by atoms with Gasteiger partial charge in [0, 0.05) is 25.7 Å². The van der Waals surface area contributed by atoms with Crippen LogP contribution >= 0.6 is 24.0 Å². The number of nitro benzene ring substituents is 1. The number of nitro groups is 1. The molecule has 0 aliphatic heterocycles. The summed E-state index contributed by atoms with van der Waals surface area (Å²) in [5.41, 5.74) is 3.34. The number of hydrogen-bond acceptors (Lipinski definition) is 3. The van der Waals surface area contributed by atoms with Crippen LogP contribution in [0, 0.1) is 17.0 Å². The second-order valence-electron chi connectivity index (χ2n) is 5.58. The molecule has 1 unspecified atom stereocenters. The lowest BCUT2D eigenvalue weighted by molar-refractivity contribution is -0.384. The van der Waals surface area contributed by atoms with Crippen molar-refractivity contribution in [3.8, 4) is 0 Å². The molecule has 0 heterocycles. The highest BCUT2D eigenvalue weighted by Gasteiger charge is 2.10. The van der Waals surface area contributed by atoms with Crippen molar-refractivity contribution in [2.24, 2.45) is 4.99 Å². The smallest absolute Gasteiger partial charge is 0.269 e. The molecule has 2 aromatic rings. The quantitative estimate of drug-likeness (QED) is 0.236. The molecule has 0 fully saturated rings. The molecule has 0 saturated heterocycles. The Bertz CT molecular complexity index is 749. The largest absolute Gasteiger partial charge is 0.352 e. The van der Waals surface area contributed by atoms with E-state index in [9.17, 15) is 10.1 Å². The molecule has 134 valence electrons. The van der Waals surface area contributed by atoms with Gasteiger partial charge in [0.25, 0.3) is 5.69 Å². The monoisotopic (exact) mass is 454 g/mol. The van der Waals surface area contributed by atoms with Crippen LogP contribution in [0.1, 0.15) is 29.7 Å². The molecule has 7 heteroatoms. The minimum absolute atomic E-state index is 0. The molecule has 0 bridgehead atoms. The van der Waals surface area contributed by atoms with Gasteiger partial charge in [0.05, 0.1) is 11.0 Å². The number of aryl methyl sites for hydroxylation is 1. The van der Waals surface area contributed by atoms with E-state index in [1.54, 1.807) is 19.2 Å². The van der Waals surface area contributed by atoms with Crippen LogP contribution < -0.4 is 10.6 Å². The van der Waals surface area contributed by atoms with E-state index in [-0.39, 0.29) is 35.7 Å². The maximum atomic E-state index is 10.8. The van der Waals surface area contributed by atoms with Gasteiger partial charge in [-0.25, -0.2) is 0 Å². The molecule has 0 aliphatic carbocycles. The van der Waals surface area contributed by atoms with Crippen molar-refractivity contribution in [3.05, 3.63) is 75.3 Å². The van der Waals surface area contributed by atoms with Crippen molar-refractivity contribution >= 4 is 35.6 Å². The molecular weight excluding hydrogens is 431 g/mol. The second kappa shape index (κ2) is 9.97. The summed E-state index contributed by atoms with van der Waals surface area (Å²) >= 11 is 0. The maximum absolute atomic E-state index is 10.8. The van der Waals surface area contributed by atoms with Gasteiger partial charge in [0.15, 0.2) is 5.96 Å². The van der Waals surface area contributed by atoms with Crippen molar-refractivity contribution in [1.29, 1.82) is 0 Å². The van der Waals surface area contributed by atoms with Crippen LogP contribution in [0.25, 0.3) is 0 Å².